The first-order valence-corrected chi connectivity index (χ1v) is 9.27. The molecule has 0 saturated carbocycles. The monoisotopic (exact) mass is 395 g/mol. The van der Waals surface area contributed by atoms with Crippen LogP contribution >= 0.6 is 0 Å². The van der Waals surface area contributed by atoms with Gasteiger partial charge in [0, 0.05) is 19.0 Å². The molecule has 0 radical (unpaired) electrons. The molecule has 3 aromatic heterocycles. The number of aromatic nitrogens is 5. The summed E-state index contributed by atoms with van der Waals surface area (Å²) < 4.78 is 2.92. The number of H-pyrrole nitrogens is 2. The van der Waals surface area contributed by atoms with Crippen molar-refractivity contribution < 1.29 is 5.11 Å². The highest BCUT2D eigenvalue weighted by molar-refractivity contribution is 5.94. The molecule has 0 spiro atoms. The van der Waals surface area contributed by atoms with E-state index in [1.807, 2.05) is 24.3 Å². The highest BCUT2D eigenvalue weighted by Crippen LogP contribution is 2.36. The number of aryl methyl sites for hydroxylation is 2. The van der Waals surface area contributed by atoms with E-state index in [1.165, 1.54) is 11.6 Å². The van der Waals surface area contributed by atoms with E-state index in [1.54, 1.807) is 4.57 Å². The highest BCUT2D eigenvalue weighted by atomic mass is 16.3. The molecular formula is C19H21N7O3. The summed E-state index contributed by atoms with van der Waals surface area (Å²) in [7, 11) is 1.53. The van der Waals surface area contributed by atoms with E-state index in [-0.39, 0.29) is 28.7 Å². The lowest BCUT2D eigenvalue weighted by Gasteiger charge is -2.07. The number of hydrogen-bond acceptors (Lipinski definition) is 6. The molecule has 0 saturated heterocycles. The Morgan fingerprint density at radius 3 is 2.69 bits per heavy atom. The molecule has 1 aromatic carbocycles. The van der Waals surface area contributed by atoms with Crippen LogP contribution in [0.25, 0.3) is 22.1 Å². The molecule has 10 nitrogen and oxygen atoms in total. The third kappa shape index (κ3) is 3.22. The smallest absolute Gasteiger partial charge is 0.329 e. The van der Waals surface area contributed by atoms with Crippen molar-refractivity contribution in [1.82, 2.24) is 24.1 Å². The van der Waals surface area contributed by atoms with Gasteiger partial charge in [-0.2, -0.15) is 4.98 Å². The number of nitrogens with one attached hydrogen (secondary N) is 2. The number of para-hydroxylation sites is 1. The molecule has 0 atom stereocenters. The normalized spacial score (nSPS) is 12.1. The van der Waals surface area contributed by atoms with Crippen LogP contribution in [0.5, 0.6) is 5.88 Å². The van der Waals surface area contributed by atoms with Crippen LogP contribution in [-0.4, -0.2) is 29.2 Å². The van der Waals surface area contributed by atoms with Gasteiger partial charge in [0.25, 0.3) is 11.5 Å². The minimum atomic E-state index is -0.547. The van der Waals surface area contributed by atoms with Crippen molar-refractivity contribution in [3.63, 3.8) is 0 Å². The maximum absolute atomic E-state index is 12.4. The molecule has 29 heavy (non-hydrogen) atoms. The van der Waals surface area contributed by atoms with Crippen LogP contribution in [0.4, 0.5) is 11.6 Å². The van der Waals surface area contributed by atoms with Crippen molar-refractivity contribution in [3.05, 3.63) is 45.1 Å². The Hall–Kier alpha value is -3.69. The first kappa shape index (κ1) is 18.7. The summed E-state index contributed by atoms with van der Waals surface area (Å²) in [5.41, 5.74) is 0.450. The molecule has 0 unspecified atom stereocenters. The van der Waals surface area contributed by atoms with Crippen molar-refractivity contribution in [2.45, 2.75) is 26.8 Å². The number of benzene rings is 1. The van der Waals surface area contributed by atoms with Gasteiger partial charge >= 0.3 is 5.69 Å². The number of aromatic hydroxyl groups is 1. The lowest BCUT2D eigenvalue weighted by atomic mass is 10.1. The molecular weight excluding hydrogens is 374 g/mol. The van der Waals surface area contributed by atoms with E-state index >= 15 is 0 Å². The average Bonchev–Trinajstić information content (AvgIpc) is 3.20. The van der Waals surface area contributed by atoms with Crippen LogP contribution in [0.1, 0.15) is 20.3 Å². The van der Waals surface area contributed by atoms with E-state index in [0.29, 0.717) is 17.8 Å². The van der Waals surface area contributed by atoms with E-state index in [2.05, 4.69) is 39.0 Å². The Morgan fingerprint density at radius 2 is 1.93 bits per heavy atom. The first-order chi connectivity index (χ1) is 13.9. The standard InChI is InChI=1S/C19H21N7O3/c1-10(2)8-9-26-14-15(25(3)19(29)22-17(14)28)21-18(26)24-23-13-11-6-4-5-7-12(11)20-16(13)27/h4-7,10,20,27H,8-9H2,1-3H3,(H,22,28,29). The largest absolute Gasteiger partial charge is 0.493 e. The molecule has 0 aliphatic rings. The summed E-state index contributed by atoms with van der Waals surface area (Å²) in [6, 6.07) is 7.32. The van der Waals surface area contributed by atoms with Gasteiger partial charge in [0.1, 0.15) is 0 Å². The number of imidazole rings is 1. The Kier molecular flexibility index (Phi) is 4.53. The van der Waals surface area contributed by atoms with Crippen LogP contribution in [0.3, 0.4) is 0 Å². The van der Waals surface area contributed by atoms with Gasteiger partial charge in [-0.25, -0.2) is 4.79 Å². The predicted octanol–water partition coefficient (Wildman–Crippen LogP) is 3.07. The number of hydrogen-bond donors (Lipinski definition) is 3. The van der Waals surface area contributed by atoms with Gasteiger partial charge in [-0.05, 0) is 18.4 Å². The molecule has 3 heterocycles. The van der Waals surface area contributed by atoms with Gasteiger partial charge in [-0.3, -0.25) is 14.3 Å². The lowest BCUT2D eigenvalue weighted by molar-refractivity contribution is 0.459. The van der Waals surface area contributed by atoms with Gasteiger partial charge < -0.3 is 14.7 Å². The Labute approximate surface area is 164 Å². The Balaban J connectivity index is 1.89. The van der Waals surface area contributed by atoms with E-state index in [9.17, 15) is 14.7 Å². The molecule has 0 amide bonds. The number of rotatable bonds is 5. The molecule has 150 valence electrons. The zero-order valence-electron chi connectivity index (χ0n) is 16.3. The second-order valence-corrected chi connectivity index (χ2v) is 7.30. The first-order valence-electron chi connectivity index (χ1n) is 9.27. The van der Waals surface area contributed by atoms with Crippen LogP contribution in [0.15, 0.2) is 44.1 Å². The summed E-state index contributed by atoms with van der Waals surface area (Å²) in [5, 5.41) is 19.3. The van der Waals surface area contributed by atoms with Crippen LogP contribution < -0.4 is 11.2 Å². The van der Waals surface area contributed by atoms with Crippen LogP contribution in [0, 0.1) is 5.92 Å². The zero-order valence-corrected chi connectivity index (χ0v) is 16.3. The third-order valence-electron chi connectivity index (χ3n) is 4.82. The van der Waals surface area contributed by atoms with E-state index in [0.717, 1.165) is 11.9 Å². The fourth-order valence-electron chi connectivity index (χ4n) is 3.21. The van der Waals surface area contributed by atoms with Gasteiger partial charge in [0.15, 0.2) is 16.9 Å². The van der Waals surface area contributed by atoms with Crippen molar-refractivity contribution in [3.8, 4) is 5.88 Å². The Bertz CT molecular complexity index is 1350. The summed E-state index contributed by atoms with van der Waals surface area (Å²) in [4.78, 5) is 33.9. The molecule has 4 aromatic rings. The summed E-state index contributed by atoms with van der Waals surface area (Å²) >= 11 is 0. The van der Waals surface area contributed by atoms with E-state index < -0.39 is 11.2 Å². The second-order valence-electron chi connectivity index (χ2n) is 7.30. The maximum Gasteiger partial charge on any atom is 0.329 e. The van der Waals surface area contributed by atoms with Crippen molar-refractivity contribution in [2.24, 2.45) is 23.2 Å². The average molecular weight is 395 g/mol. The lowest BCUT2D eigenvalue weighted by Crippen LogP contribution is -2.29. The highest BCUT2D eigenvalue weighted by Gasteiger charge is 2.18. The number of aromatic amines is 2. The summed E-state index contributed by atoms with van der Waals surface area (Å²) in [6.07, 6.45) is 0.786. The van der Waals surface area contributed by atoms with Gasteiger partial charge in [-0.1, -0.05) is 32.0 Å². The number of azo groups is 1. The SMILES string of the molecule is CC(C)CCn1c(N=Nc2c(O)[nH]c3ccccc23)nc2c1c(=O)[nH]c(=O)n2C. The maximum atomic E-state index is 12.4. The quantitative estimate of drug-likeness (QED) is 0.448. The summed E-state index contributed by atoms with van der Waals surface area (Å²) in [5.74, 6) is 0.476. The minimum Gasteiger partial charge on any atom is -0.493 e. The van der Waals surface area contributed by atoms with Crippen LogP contribution in [-0.2, 0) is 13.6 Å². The van der Waals surface area contributed by atoms with Crippen molar-refractivity contribution >= 4 is 33.7 Å². The molecule has 0 aliphatic carbocycles. The van der Waals surface area contributed by atoms with Gasteiger partial charge in [0.2, 0.25) is 5.88 Å². The minimum absolute atomic E-state index is 0.106. The van der Waals surface area contributed by atoms with Crippen LogP contribution in [0.2, 0.25) is 0 Å². The molecule has 0 aliphatic heterocycles. The van der Waals surface area contributed by atoms with Crippen molar-refractivity contribution in [2.75, 3.05) is 0 Å². The number of nitrogens with zero attached hydrogens (tertiary/aromatic N) is 5. The van der Waals surface area contributed by atoms with Gasteiger partial charge in [-0.15, -0.1) is 10.2 Å². The second kappa shape index (κ2) is 7.04. The molecule has 4 rings (SSSR count). The fourth-order valence-corrected chi connectivity index (χ4v) is 3.21. The predicted molar refractivity (Wildman–Crippen MR) is 109 cm³/mol. The zero-order chi connectivity index (χ0) is 20.7. The Morgan fingerprint density at radius 1 is 1.17 bits per heavy atom. The molecule has 10 heteroatoms. The number of fused-ring (bicyclic) bond motifs is 2. The molecule has 0 bridgehead atoms. The van der Waals surface area contributed by atoms with Crippen molar-refractivity contribution in [1.29, 1.82) is 0 Å². The summed E-state index contributed by atoms with van der Waals surface area (Å²) in [6.45, 7) is 4.64. The molecule has 3 N–H and O–H groups in total. The third-order valence-corrected chi connectivity index (χ3v) is 4.82. The van der Waals surface area contributed by atoms with Gasteiger partial charge in [0.05, 0.1) is 5.52 Å². The fraction of sp³-hybridized carbons (Fsp3) is 0.316. The topological polar surface area (TPSA) is 133 Å². The van der Waals surface area contributed by atoms with E-state index in [4.69, 9.17) is 0 Å². The molecule has 0 fully saturated rings.